The Morgan fingerprint density at radius 1 is 1.17 bits per heavy atom. The molecule has 3 amide bonds. The standard InChI is InChI=1S/C17H30N4O3/c1-11(2)14(21-17(4,5)6)15(23)20-13(12(3)22)9-7-8-10-19-16(18)24/h11,13-14,21H,8,10H2,1-6H3,(H,20,23)(H3,18,19,24)/t13?,14-/m0/s1. The first-order chi connectivity index (χ1) is 10.9. The number of amides is 3. The van der Waals surface area contributed by atoms with E-state index in [1.54, 1.807) is 0 Å². The van der Waals surface area contributed by atoms with Gasteiger partial charge in [-0.25, -0.2) is 4.79 Å². The number of ketones is 1. The van der Waals surface area contributed by atoms with E-state index in [-0.39, 0.29) is 23.1 Å². The molecule has 7 heteroatoms. The van der Waals surface area contributed by atoms with Gasteiger partial charge in [-0.3, -0.25) is 9.59 Å². The van der Waals surface area contributed by atoms with Crippen LogP contribution in [0.1, 0.15) is 48.0 Å². The van der Waals surface area contributed by atoms with Gasteiger partial charge in [-0.15, -0.1) is 0 Å². The highest BCUT2D eigenvalue weighted by atomic mass is 16.2. The molecule has 0 bridgehead atoms. The Kier molecular flexibility index (Phi) is 9.08. The number of primary amides is 1. The molecule has 0 heterocycles. The van der Waals surface area contributed by atoms with Crippen LogP contribution in [-0.4, -0.2) is 41.9 Å². The summed E-state index contributed by atoms with van der Waals surface area (Å²) in [5.41, 5.74) is 4.71. The lowest BCUT2D eigenvalue weighted by Gasteiger charge is -2.30. The molecule has 0 aromatic carbocycles. The number of Topliss-reactive ketones (excluding diaryl/α,β-unsaturated/α-hetero) is 1. The summed E-state index contributed by atoms with van der Waals surface area (Å²) in [5, 5.41) is 8.34. The maximum atomic E-state index is 12.5. The molecule has 0 aliphatic rings. The van der Waals surface area contributed by atoms with Crippen LogP contribution >= 0.6 is 0 Å². The zero-order valence-electron chi connectivity index (χ0n) is 15.4. The highest BCUT2D eigenvalue weighted by Gasteiger charge is 2.28. The predicted octanol–water partition coefficient (Wildman–Crippen LogP) is 0.535. The lowest BCUT2D eigenvalue weighted by atomic mass is 9.98. The molecular weight excluding hydrogens is 308 g/mol. The van der Waals surface area contributed by atoms with Crippen LogP contribution in [0.3, 0.4) is 0 Å². The van der Waals surface area contributed by atoms with E-state index in [1.807, 2.05) is 34.6 Å². The van der Waals surface area contributed by atoms with Crippen molar-refractivity contribution in [3.8, 4) is 11.8 Å². The van der Waals surface area contributed by atoms with E-state index in [1.165, 1.54) is 6.92 Å². The summed E-state index contributed by atoms with van der Waals surface area (Å²) in [6, 6.07) is -1.92. The molecule has 1 unspecified atom stereocenters. The SMILES string of the molecule is CC(=O)C(C#CCCNC(N)=O)NC(=O)[C@@H](NC(C)(C)C)C(C)C. The topological polar surface area (TPSA) is 113 Å². The first-order valence-electron chi connectivity index (χ1n) is 8.04. The van der Waals surface area contributed by atoms with Crippen molar-refractivity contribution in [1.29, 1.82) is 0 Å². The van der Waals surface area contributed by atoms with Crippen LogP contribution in [0.4, 0.5) is 4.79 Å². The van der Waals surface area contributed by atoms with Crippen LogP contribution < -0.4 is 21.7 Å². The average Bonchev–Trinajstić information content (AvgIpc) is 2.41. The number of rotatable bonds is 7. The first kappa shape index (κ1) is 21.9. The maximum Gasteiger partial charge on any atom is 0.312 e. The molecule has 0 saturated carbocycles. The summed E-state index contributed by atoms with van der Waals surface area (Å²) in [5.74, 6) is 5.06. The van der Waals surface area contributed by atoms with Gasteiger partial charge in [-0.2, -0.15) is 0 Å². The van der Waals surface area contributed by atoms with Crippen LogP contribution in [0.15, 0.2) is 0 Å². The second kappa shape index (κ2) is 9.93. The summed E-state index contributed by atoms with van der Waals surface area (Å²) in [4.78, 5) is 34.7. The van der Waals surface area contributed by atoms with Crippen molar-refractivity contribution >= 4 is 17.7 Å². The third kappa shape index (κ3) is 9.85. The number of hydrogen-bond acceptors (Lipinski definition) is 4. The van der Waals surface area contributed by atoms with Gasteiger partial charge in [0.2, 0.25) is 5.91 Å². The molecule has 0 aliphatic carbocycles. The van der Waals surface area contributed by atoms with E-state index in [4.69, 9.17) is 5.73 Å². The number of nitrogens with one attached hydrogen (secondary N) is 3. The van der Waals surface area contributed by atoms with Crippen molar-refractivity contribution in [2.45, 2.75) is 65.6 Å². The van der Waals surface area contributed by atoms with E-state index < -0.39 is 18.1 Å². The second-order valence-corrected chi connectivity index (χ2v) is 7.03. The largest absolute Gasteiger partial charge is 0.352 e. The van der Waals surface area contributed by atoms with Gasteiger partial charge in [0, 0.05) is 18.5 Å². The van der Waals surface area contributed by atoms with Gasteiger partial charge in [0.1, 0.15) is 6.04 Å². The fourth-order valence-electron chi connectivity index (χ4n) is 1.90. The molecule has 7 nitrogen and oxygen atoms in total. The summed E-state index contributed by atoms with van der Waals surface area (Å²) in [7, 11) is 0. The van der Waals surface area contributed by atoms with Gasteiger partial charge in [0.25, 0.3) is 0 Å². The van der Waals surface area contributed by atoms with E-state index in [0.717, 1.165) is 0 Å². The lowest BCUT2D eigenvalue weighted by molar-refractivity contribution is -0.128. The van der Waals surface area contributed by atoms with Crippen LogP contribution in [0.2, 0.25) is 0 Å². The van der Waals surface area contributed by atoms with Crippen LogP contribution in [0, 0.1) is 17.8 Å². The Morgan fingerprint density at radius 2 is 1.75 bits per heavy atom. The van der Waals surface area contributed by atoms with Crippen molar-refractivity contribution in [1.82, 2.24) is 16.0 Å². The second-order valence-electron chi connectivity index (χ2n) is 7.03. The zero-order chi connectivity index (χ0) is 18.9. The fraction of sp³-hybridized carbons (Fsp3) is 0.706. The third-order valence-corrected chi connectivity index (χ3v) is 3.03. The minimum atomic E-state index is -0.867. The van der Waals surface area contributed by atoms with E-state index >= 15 is 0 Å². The third-order valence-electron chi connectivity index (χ3n) is 3.03. The van der Waals surface area contributed by atoms with Crippen molar-refractivity contribution < 1.29 is 14.4 Å². The summed E-state index contributed by atoms with van der Waals surface area (Å²) < 4.78 is 0. The molecule has 0 spiro atoms. The van der Waals surface area contributed by atoms with Gasteiger partial charge in [0.15, 0.2) is 5.78 Å². The number of urea groups is 1. The monoisotopic (exact) mass is 338 g/mol. The molecule has 0 radical (unpaired) electrons. The molecule has 0 saturated heterocycles. The van der Waals surface area contributed by atoms with Crippen molar-refractivity contribution in [2.24, 2.45) is 11.7 Å². The number of hydrogen-bond donors (Lipinski definition) is 4. The van der Waals surface area contributed by atoms with Crippen LogP contribution in [-0.2, 0) is 9.59 Å². The van der Waals surface area contributed by atoms with Gasteiger partial charge in [-0.05, 0) is 33.6 Å². The van der Waals surface area contributed by atoms with Gasteiger partial charge in [-0.1, -0.05) is 25.7 Å². The zero-order valence-corrected chi connectivity index (χ0v) is 15.4. The molecule has 0 aliphatic heterocycles. The molecule has 0 fully saturated rings. The molecule has 0 aromatic rings. The van der Waals surface area contributed by atoms with Crippen molar-refractivity contribution in [2.75, 3.05) is 6.54 Å². The first-order valence-corrected chi connectivity index (χ1v) is 8.04. The Labute approximate surface area is 144 Å². The average molecular weight is 338 g/mol. The van der Waals surface area contributed by atoms with Crippen molar-refractivity contribution in [3.63, 3.8) is 0 Å². The minimum Gasteiger partial charge on any atom is -0.352 e. The molecule has 0 rings (SSSR count). The maximum absolute atomic E-state index is 12.5. The van der Waals surface area contributed by atoms with E-state index in [0.29, 0.717) is 13.0 Å². The Hall–Kier alpha value is -2.07. The number of nitrogens with two attached hydrogens (primary N) is 1. The minimum absolute atomic E-state index is 0.0598. The Morgan fingerprint density at radius 3 is 2.17 bits per heavy atom. The Bertz CT molecular complexity index is 512. The summed E-state index contributed by atoms with van der Waals surface area (Å²) in [6.45, 7) is 11.5. The van der Waals surface area contributed by atoms with Crippen LogP contribution in [0.5, 0.6) is 0 Å². The molecule has 5 N–H and O–H groups in total. The highest BCUT2D eigenvalue weighted by Crippen LogP contribution is 2.09. The quantitative estimate of drug-likeness (QED) is 0.401. The van der Waals surface area contributed by atoms with E-state index in [9.17, 15) is 14.4 Å². The normalized spacial score (nSPS) is 13.5. The highest BCUT2D eigenvalue weighted by molar-refractivity contribution is 5.92. The summed E-state index contributed by atoms with van der Waals surface area (Å²) >= 11 is 0. The summed E-state index contributed by atoms with van der Waals surface area (Å²) in [6.07, 6.45) is 0.344. The number of carbonyl (C=O) groups is 3. The fourth-order valence-corrected chi connectivity index (χ4v) is 1.90. The lowest BCUT2D eigenvalue weighted by Crippen LogP contribution is -2.56. The molecule has 24 heavy (non-hydrogen) atoms. The van der Waals surface area contributed by atoms with Gasteiger partial charge >= 0.3 is 6.03 Å². The Balaban J connectivity index is 4.85. The van der Waals surface area contributed by atoms with Gasteiger partial charge < -0.3 is 21.7 Å². The number of carbonyl (C=O) groups excluding carboxylic acids is 3. The molecule has 0 aromatic heterocycles. The van der Waals surface area contributed by atoms with Crippen LogP contribution in [0.25, 0.3) is 0 Å². The smallest absolute Gasteiger partial charge is 0.312 e. The van der Waals surface area contributed by atoms with E-state index in [2.05, 4.69) is 27.8 Å². The molecular formula is C17H30N4O3. The molecule has 2 atom stereocenters. The van der Waals surface area contributed by atoms with Gasteiger partial charge in [0.05, 0.1) is 6.04 Å². The molecule has 136 valence electrons. The van der Waals surface area contributed by atoms with Crippen molar-refractivity contribution in [3.05, 3.63) is 0 Å². The predicted molar refractivity (Wildman–Crippen MR) is 94.1 cm³/mol.